The zero-order valence-corrected chi connectivity index (χ0v) is 28.4. The van der Waals surface area contributed by atoms with Gasteiger partial charge in [-0.05, 0) is 80.3 Å². The lowest BCUT2D eigenvalue weighted by Crippen LogP contribution is -2.68. The summed E-state index contributed by atoms with van der Waals surface area (Å²) in [6, 6.07) is 7.52. The standard InChI is InChI=1S/C30H50BN5O8/c1-26(2,32-18-19-16-14-15-17-20(19)31(43-12)44-13)21(37)33-27(3,4)22(38)34-28(5,6)23(39)35-29(7,8)24(40)36-30(9,10)25(41)42-11/h14-17,32H,18H2,1-13H3,(H,33,37)(H,34,38)(H,35,39)(H,36,40). The third-order valence-corrected chi connectivity index (χ3v) is 7.13. The molecule has 0 aliphatic carbocycles. The molecule has 0 heterocycles. The van der Waals surface area contributed by atoms with Crippen molar-refractivity contribution < 1.29 is 38.0 Å². The molecular weight excluding hydrogens is 569 g/mol. The molecule has 5 N–H and O–H groups in total. The highest BCUT2D eigenvalue weighted by atomic mass is 16.6. The maximum Gasteiger partial charge on any atom is 0.493 e. The van der Waals surface area contributed by atoms with E-state index in [1.807, 2.05) is 24.3 Å². The van der Waals surface area contributed by atoms with Crippen LogP contribution in [-0.2, 0) is 44.6 Å². The van der Waals surface area contributed by atoms with Gasteiger partial charge in [0.1, 0.15) is 22.2 Å². The number of ether oxygens (including phenoxy) is 1. The molecule has 0 unspecified atom stereocenters. The normalized spacial score (nSPS) is 12.6. The highest BCUT2D eigenvalue weighted by molar-refractivity contribution is 6.61. The molecule has 14 heteroatoms. The quantitative estimate of drug-likeness (QED) is 0.137. The van der Waals surface area contributed by atoms with Crippen LogP contribution in [0.15, 0.2) is 24.3 Å². The van der Waals surface area contributed by atoms with Crippen LogP contribution in [0.2, 0.25) is 0 Å². The number of benzene rings is 1. The summed E-state index contributed by atoms with van der Waals surface area (Å²) in [4.78, 5) is 64.7. The lowest BCUT2D eigenvalue weighted by Gasteiger charge is -2.36. The van der Waals surface area contributed by atoms with Crippen LogP contribution in [-0.4, -0.2) is 85.7 Å². The molecule has 0 aromatic heterocycles. The van der Waals surface area contributed by atoms with Gasteiger partial charge in [-0.25, -0.2) is 4.79 Å². The van der Waals surface area contributed by atoms with E-state index in [1.54, 1.807) is 28.1 Å². The second-order valence-electron chi connectivity index (χ2n) is 13.3. The third kappa shape index (κ3) is 10.0. The summed E-state index contributed by atoms with van der Waals surface area (Å²) in [6.45, 7) is 15.6. The van der Waals surface area contributed by atoms with Crippen molar-refractivity contribution in [1.29, 1.82) is 0 Å². The average Bonchev–Trinajstić information content (AvgIpc) is 2.91. The van der Waals surface area contributed by atoms with Crippen molar-refractivity contribution in [3.63, 3.8) is 0 Å². The molecule has 1 aromatic carbocycles. The molecule has 0 saturated heterocycles. The summed E-state index contributed by atoms with van der Waals surface area (Å²) in [5.41, 5.74) is -5.09. The predicted octanol–water partition coefficient (Wildman–Crippen LogP) is 0.295. The Kier molecular flexibility index (Phi) is 12.7. The summed E-state index contributed by atoms with van der Waals surface area (Å²) in [5.74, 6) is -3.01. The summed E-state index contributed by atoms with van der Waals surface area (Å²) >= 11 is 0. The van der Waals surface area contributed by atoms with Gasteiger partial charge in [0.05, 0.1) is 12.6 Å². The third-order valence-electron chi connectivity index (χ3n) is 7.13. The van der Waals surface area contributed by atoms with Gasteiger partial charge < -0.3 is 35.3 Å². The number of amides is 4. The molecule has 0 radical (unpaired) electrons. The van der Waals surface area contributed by atoms with E-state index in [0.29, 0.717) is 6.54 Å². The Morgan fingerprint density at radius 1 is 0.591 bits per heavy atom. The van der Waals surface area contributed by atoms with Crippen LogP contribution in [0.3, 0.4) is 0 Å². The highest BCUT2D eigenvalue weighted by Gasteiger charge is 2.43. The van der Waals surface area contributed by atoms with Gasteiger partial charge >= 0.3 is 13.1 Å². The van der Waals surface area contributed by atoms with E-state index >= 15 is 0 Å². The minimum atomic E-state index is -1.48. The fourth-order valence-corrected chi connectivity index (χ4v) is 3.91. The van der Waals surface area contributed by atoms with Crippen LogP contribution in [0.4, 0.5) is 0 Å². The topological polar surface area (TPSA) is 173 Å². The summed E-state index contributed by atoms with van der Waals surface area (Å²) < 4.78 is 15.5. The smallest absolute Gasteiger partial charge is 0.467 e. The molecule has 1 aromatic rings. The predicted molar refractivity (Wildman–Crippen MR) is 168 cm³/mol. The van der Waals surface area contributed by atoms with E-state index in [9.17, 15) is 24.0 Å². The van der Waals surface area contributed by atoms with Crippen molar-refractivity contribution in [3.8, 4) is 0 Å². The fourth-order valence-electron chi connectivity index (χ4n) is 3.91. The monoisotopic (exact) mass is 619 g/mol. The highest BCUT2D eigenvalue weighted by Crippen LogP contribution is 2.15. The first-order valence-corrected chi connectivity index (χ1v) is 14.2. The first-order valence-electron chi connectivity index (χ1n) is 14.2. The van der Waals surface area contributed by atoms with Crippen LogP contribution in [0.1, 0.15) is 74.8 Å². The molecule has 44 heavy (non-hydrogen) atoms. The molecule has 0 aliphatic heterocycles. The Morgan fingerprint density at radius 3 is 1.34 bits per heavy atom. The fraction of sp³-hybridized carbons (Fsp3) is 0.633. The van der Waals surface area contributed by atoms with Crippen LogP contribution < -0.4 is 32.0 Å². The van der Waals surface area contributed by atoms with Crippen molar-refractivity contribution in [3.05, 3.63) is 29.8 Å². The summed E-state index contributed by atoms with van der Waals surface area (Å²) in [5, 5.41) is 13.8. The maximum absolute atomic E-state index is 13.3. The largest absolute Gasteiger partial charge is 0.493 e. The second kappa shape index (κ2) is 14.5. The van der Waals surface area contributed by atoms with Crippen molar-refractivity contribution in [2.24, 2.45) is 0 Å². The zero-order valence-electron chi connectivity index (χ0n) is 28.4. The Bertz CT molecular complexity index is 1230. The Morgan fingerprint density at radius 2 is 0.955 bits per heavy atom. The van der Waals surface area contributed by atoms with E-state index in [1.165, 1.54) is 62.5 Å². The Hall–Kier alpha value is -3.49. The SMILES string of the molecule is COB(OC)c1ccccc1CNC(C)(C)C(=O)NC(C)(C)C(=O)NC(C)(C)C(=O)NC(C)(C)C(=O)NC(C)(C)C(=O)OC. The number of rotatable bonds is 15. The van der Waals surface area contributed by atoms with Crippen molar-refractivity contribution in [2.75, 3.05) is 21.3 Å². The van der Waals surface area contributed by atoms with Gasteiger partial charge in [-0.2, -0.15) is 0 Å². The van der Waals surface area contributed by atoms with Crippen molar-refractivity contribution >= 4 is 42.2 Å². The summed E-state index contributed by atoms with van der Waals surface area (Å²) in [6.07, 6.45) is 0. The van der Waals surface area contributed by atoms with Gasteiger partial charge in [-0.3, -0.25) is 24.5 Å². The van der Waals surface area contributed by atoms with Gasteiger partial charge in [-0.15, -0.1) is 0 Å². The number of hydrogen-bond acceptors (Lipinski definition) is 9. The molecule has 246 valence electrons. The number of methoxy groups -OCH3 is 1. The first kappa shape index (κ1) is 38.5. The maximum atomic E-state index is 13.3. The van der Waals surface area contributed by atoms with Gasteiger partial charge in [0, 0.05) is 20.8 Å². The van der Waals surface area contributed by atoms with Gasteiger partial charge in [-0.1, -0.05) is 24.3 Å². The Balaban J connectivity index is 2.93. The number of carbonyl (C=O) groups excluding carboxylic acids is 5. The van der Waals surface area contributed by atoms with Crippen molar-refractivity contribution in [1.82, 2.24) is 26.6 Å². The first-order chi connectivity index (χ1) is 20.0. The Labute approximate surface area is 261 Å². The van der Waals surface area contributed by atoms with E-state index in [4.69, 9.17) is 14.0 Å². The molecule has 0 atom stereocenters. The minimum absolute atomic E-state index is 0.319. The number of carbonyl (C=O) groups is 5. The lowest BCUT2D eigenvalue weighted by atomic mass is 9.75. The summed E-state index contributed by atoms with van der Waals surface area (Å²) in [7, 11) is 3.72. The van der Waals surface area contributed by atoms with E-state index in [-0.39, 0.29) is 0 Å². The number of esters is 1. The molecule has 0 saturated carbocycles. The van der Waals surface area contributed by atoms with Gasteiger partial charge in [0.2, 0.25) is 23.6 Å². The van der Waals surface area contributed by atoms with Crippen LogP contribution in [0.25, 0.3) is 0 Å². The van der Waals surface area contributed by atoms with Crippen LogP contribution in [0.5, 0.6) is 0 Å². The molecule has 0 fully saturated rings. The molecule has 0 bridgehead atoms. The van der Waals surface area contributed by atoms with Gasteiger partial charge in [0.25, 0.3) is 0 Å². The molecular formula is C30H50BN5O8. The van der Waals surface area contributed by atoms with Crippen LogP contribution >= 0.6 is 0 Å². The van der Waals surface area contributed by atoms with Crippen molar-refractivity contribution in [2.45, 2.75) is 103 Å². The van der Waals surface area contributed by atoms with E-state index < -0.39 is 64.4 Å². The lowest BCUT2D eigenvalue weighted by molar-refractivity contribution is -0.150. The zero-order chi connectivity index (χ0) is 34.3. The molecule has 0 aliphatic rings. The average molecular weight is 620 g/mol. The molecule has 1 rings (SSSR count). The number of hydrogen-bond donors (Lipinski definition) is 5. The molecule has 4 amide bonds. The van der Waals surface area contributed by atoms with Crippen LogP contribution in [0, 0.1) is 0 Å². The number of nitrogens with one attached hydrogen (secondary N) is 5. The molecule has 13 nitrogen and oxygen atoms in total. The van der Waals surface area contributed by atoms with Gasteiger partial charge in [0.15, 0.2) is 0 Å². The van der Waals surface area contributed by atoms with E-state index in [2.05, 4.69) is 26.6 Å². The second-order valence-corrected chi connectivity index (χ2v) is 13.3. The van der Waals surface area contributed by atoms with E-state index in [0.717, 1.165) is 11.0 Å². The minimum Gasteiger partial charge on any atom is -0.467 e. The molecule has 0 spiro atoms.